The number of rotatable bonds is 7. The molecular weight excluding hydrogens is 457 g/mol. The topological polar surface area (TPSA) is 114 Å². The van der Waals surface area contributed by atoms with Gasteiger partial charge in [0.1, 0.15) is 11.6 Å². The number of halogens is 2. The Morgan fingerprint density at radius 3 is 2.46 bits per heavy atom. The van der Waals surface area contributed by atoms with Crippen LogP contribution in [0.15, 0.2) is 57.9 Å². The predicted octanol–water partition coefficient (Wildman–Crippen LogP) is 1.48. The Kier molecular flexibility index (Phi) is 7.49. The van der Waals surface area contributed by atoms with Crippen molar-refractivity contribution in [1.29, 1.82) is 0 Å². The third kappa shape index (κ3) is 6.59. The summed E-state index contributed by atoms with van der Waals surface area (Å²) < 4.78 is 45.4. The molecule has 150 valence electrons. The number of hydrogen-bond acceptors (Lipinski definition) is 5. The van der Waals surface area contributed by atoms with E-state index in [1.54, 1.807) is 24.3 Å². The van der Waals surface area contributed by atoms with Crippen molar-refractivity contribution in [3.63, 3.8) is 0 Å². The highest BCUT2D eigenvalue weighted by atomic mass is 79.9. The fourth-order valence-corrected chi connectivity index (χ4v) is 3.53. The third-order valence-electron chi connectivity index (χ3n) is 3.34. The first-order valence-electron chi connectivity index (χ1n) is 7.92. The molecule has 8 nitrogen and oxygen atoms in total. The fraction of sp³-hybridized carbons (Fsp3) is 0.176. The molecule has 2 amide bonds. The molecule has 0 saturated heterocycles. The largest absolute Gasteiger partial charge is 0.484 e. The van der Waals surface area contributed by atoms with E-state index in [1.165, 1.54) is 6.92 Å². The van der Waals surface area contributed by atoms with Crippen molar-refractivity contribution in [3.05, 3.63) is 58.8 Å². The molecule has 2 rings (SSSR count). The molecule has 0 bridgehead atoms. The van der Waals surface area contributed by atoms with Gasteiger partial charge in [-0.05, 0) is 49.4 Å². The van der Waals surface area contributed by atoms with Crippen molar-refractivity contribution in [2.75, 3.05) is 6.61 Å². The van der Waals surface area contributed by atoms with Gasteiger partial charge in [-0.3, -0.25) is 20.4 Å². The van der Waals surface area contributed by atoms with Gasteiger partial charge in [-0.1, -0.05) is 22.0 Å². The van der Waals surface area contributed by atoms with Crippen LogP contribution in [-0.4, -0.2) is 32.9 Å². The maximum Gasteiger partial charge on any atom is 0.276 e. The summed E-state index contributed by atoms with van der Waals surface area (Å²) in [6, 6.07) is 9.78. The highest BCUT2D eigenvalue weighted by Crippen LogP contribution is 2.17. The second kappa shape index (κ2) is 9.62. The van der Waals surface area contributed by atoms with E-state index in [0.717, 1.165) is 28.7 Å². The number of sulfonamides is 1. The van der Waals surface area contributed by atoms with E-state index in [1.807, 2.05) is 0 Å². The van der Waals surface area contributed by atoms with Crippen molar-refractivity contribution >= 4 is 37.8 Å². The molecule has 0 spiro atoms. The first kappa shape index (κ1) is 21.8. The number of carbonyl (C=O) groups is 2. The number of benzene rings is 2. The number of carbonyl (C=O) groups excluding carboxylic acids is 2. The highest BCUT2D eigenvalue weighted by molar-refractivity contribution is 9.10. The standard InChI is InChI=1S/C17H17BrFN3O5S/c1-11(22-28(25,26)15-7-5-13(19)6-8-15)17(24)21-20-16(23)10-27-14-4-2-3-12(18)9-14/h2-9,11,22H,10H2,1H3,(H,20,23)(H,21,24). The minimum atomic E-state index is -4.03. The van der Waals surface area contributed by atoms with Crippen LogP contribution in [0.2, 0.25) is 0 Å². The van der Waals surface area contributed by atoms with E-state index in [4.69, 9.17) is 4.74 Å². The van der Waals surface area contributed by atoms with Crippen LogP contribution in [0.3, 0.4) is 0 Å². The summed E-state index contributed by atoms with van der Waals surface area (Å²) in [4.78, 5) is 23.5. The summed E-state index contributed by atoms with van der Waals surface area (Å²) in [6.45, 7) is 0.937. The lowest BCUT2D eigenvalue weighted by Crippen LogP contribution is -2.51. The number of amides is 2. The Labute approximate surface area is 169 Å². The lowest BCUT2D eigenvalue weighted by atomic mass is 10.3. The van der Waals surface area contributed by atoms with E-state index in [9.17, 15) is 22.4 Å². The van der Waals surface area contributed by atoms with Gasteiger partial charge in [-0.15, -0.1) is 0 Å². The number of ether oxygens (including phenoxy) is 1. The van der Waals surface area contributed by atoms with Gasteiger partial charge in [-0.25, -0.2) is 12.8 Å². The van der Waals surface area contributed by atoms with Gasteiger partial charge >= 0.3 is 0 Å². The molecule has 0 aliphatic heterocycles. The molecule has 0 fully saturated rings. The molecule has 3 N–H and O–H groups in total. The van der Waals surface area contributed by atoms with Crippen molar-refractivity contribution in [3.8, 4) is 5.75 Å². The van der Waals surface area contributed by atoms with Gasteiger partial charge in [0, 0.05) is 4.47 Å². The van der Waals surface area contributed by atoms with Crippen LogP contribution < -0.4 is 20.3 Å². The smallest absolute Gasteiger partial charge is 0.276 e. The molecule has 0 heterocycles. The van der Waals surface area contributed by atoms with Crippen LogP contribution in [0.1, 0.15) is 6.92 Å². The van der Waals surface area contributed by atoms with Crippen LogP contribution in [0, 0.1) is 5.82 Å². The molecule has 0 aromatic heterocycles. The van der Waals surface area contributed by atoms with Crippen LogP contribution in [0.5, 0.6) is 5.75 Å². The Hall–Kier alpha value is -2.50. The highest BCUT2D eigenvalue weighted by Gasteiger charge is 2.22. The zero-order chi connectivity index (χ0) is 20.7. The number of nitrogens with one attached hydrogen (secondary N) is 3. The van der Waals surface area contributed by atoms with Crippen molar-refractivity contribution < 1.29 is 27.1 Å². The molecule has 0 saturated carbocycles. The molecule has 11 heteroatoms. The summed E-state index contributed by atoms with van der Waals surface area (Å²) >= 11 is 3.27. The quantitative estimate of drug-likeness (QED) is 0.527. The fourth-order valence-electron chi connectivity index (χ4n) is 1.95. The van der Waals surface area contributed by atoms with E-state index < -0.39 is 33.7 Å². The first-order chi connectivity index (χ1) is 13.2. The van der Waals surface area contributed by atoms with Gasteiger partial charge in [0.15, 0.2) is 6.61 Å². The SMILES string of the molecule is CC(NS(=O)(=O)c1ccc(F)cc1)C(=O)NNC(=O)COc1cccc(Br)c1. The van der Waals surface area contributed by atoms with Gasteiger partial charge in [0.05, 0.1) is 10.9 Å². The molecule has 2 aromatic carbocycles. The van der Waals surface area contributed by atoms with Gasteiger partial charge in [-0.2, -0.15) is 4.72 Å². The second-order valence-electron chi connectivity index (χ2n) is 5.58. The minimum Gasteiger partial charge on any atom is -0.484 e. The zero-order valence-corrected chi connectivity index (χ0v) is 17.0. The average molecular weight is 474 g/mol. The van der Waals surface area contributed by atoms with E-state index in [0.29, 0.717) is 5.75 Å². The maximum atomic E-state index is 12.9. The summed E-state index contributed by atoms with van der Waals surface area (Å²) in [5, 5.41) is 0. The normalized spacial score (nSPS) is 12.1. The summed E-state index contributed by atoms with van der Waals surface area (Å²) in [7, 11) is -4.03. The van der Waals surface area contributed by atoms with E-state index >= 15 is 0 Å². The monoisotopic (exact) mass is 473 g/mol. The van der Waals surface area contributed by atoms with Crippen LogP contribution in [0.25, 0.3) is 0 Å². The Morgan fingerprint density at radius 1 is 1.14 bits per heavy atom. The molecular formula is C17H17BrFN3O5S. The Balaban J connectivity index is 1.81. The lowest BCUT2D eigenvalue weighted by Gasteiger charge is -2.15. The van der Waals surface area contributed by atoms with Crippen molar-refractivity contribution in [1.82, 2.24) is 15.6 Å². The molecule has 0 aliphatic carbocycles. The Bertz CT molecular complexity index is 954. The zero-order valence-electron chi connectivity index (χ0n) is 14.6. The van der Waals surface area contributed by atoms with Gasteiger partial charge in [0.25, 0.3) is 11.8 Å². The van der Waals surface area contributed by atoms with Crippen molar-refractivity contribution in [2.45, 2.75) is 17.9 Å². The maximum absolute atomic E-state index is 12.9. The van der Waals surface area contributed by atoms with Crippen LogP contribution in [0.4, 0.5) is 4.39 Å². The average Bonchev–Trinajstić information content (AvgIpc) is 2.64. The summed E-state index contributed by atoms with van der Waals surface area (Å²) in [5.41, 5.74) is 4.22. The molecule has 2 aromatic rings. The molecule has 1 unspecified atom stereocenters. The molecule has 1 atom stereocenters. The van der Waals surface area contributed by atoms with Crippen molar-refractivity contribution in [2.24, 2.45) is 0 Å². The van der Waals surface area contributed by atoms with Gasteiger partial charge in [0.2, 0.25) is 10.0 Å². The Morgan fingerprint density at radius 2 is 1.82 bits per heavy atom. The first-order valence-corrected chi connectivity index (χ1v) is 10.2. The minimum absolute atomic E-state index is 0.194. The number of hydrogen-bond donors (Lipinski definition) is 3. The van der Waals surface area contributed by atoms with Gasteiger partial charge < -0.3 is 4.74 Å². The molecule has 0 aliphatic rings. The summed E-state index contributed by atoms with van der Waals surface area (Å²) in [6.07, 6.45) is 0. The van der Waals surface area contributed by atoms with E-state index in [2.05, 4.69) is 31.5 Å². The number of hydrazine groups is 1. The summed E-state index contributed by atoms with van der Waals surface area (Å²) in [5.74, 6) is -1.56. The molecule has 28 heavy (non-hydrogen) atoms. The predicted molar refractivity (Wildman–Crippen MR) is 102 cm³/mol. The van der Waals surface area contributed by atoms with Crippen LogP contribution >= 0.6 is 15.9 Å². The second-order valence-corrected chi connectivity index (χ2v) is 8.21. The van der Waals surface area contributed by atoms with Crippen LogP contribution in [-0.2, 0) is 19.6 Å². The van der Waals surface area contributed by atoms with E-state index in [-0.39, 0.29) is 11.5 Å². The molecule has 0 radical (unpaired) electrons. The third-order valence-corrected chi connectivity index (χ3v) is 5.39. The lowest BCUT2D eigenvalue weighted by molar-refractivity contribution is -0.130.